The molecule has 0 atom stereocenters. The lowest BCUT2D eigenvalue weighted by Crippen LogP contribution is -2.00. The molecule has 0 radical (unpaired) electrons. The number of hydrogen-bond donors (Lipinski definition) is 1. The molecule has 0 amide bonds. The molecule has 1 aromatic heterocycles. The average molecular weight is 207 g/mol. The highest BCUT2D eigenvalue weighted by atomic mass is 32.1. The summed E-state index contributed by atoms with van der Waals surface area (Å²) in [7, 11) is 1.37. The minimum absolute atomic E-state index is 0.332. The SMILES string of the molecule is COC(=O)c1ccc2ccn(S)c2c1. The lowest BCUT2D eigenvalue weighted by molar-refractivity contribution is 0.0601. The third-order valence-corrected chi connectivity index (χ3v) is 2.44. The van der Waals surface area contributed by atoms with Crippen LogP contribution in [0.15, 0.2) is 30.5 Å². The van der Waals surface area contributed by atoms with E-state index in [1.165, 1.54) is 7.11 Å². The van der Waals surface area contributed by atoms with E-state index in [4.69, 9.17) is 0 Å². The molecular formula is C10H9NO2S. The number of thiol groups is 1. The van der Waals surface area contributed by atoms with Crippen molar-refractivity contribution in [3.63, 3.8) is 0 Å². The Kier molecular flexibility index (Phi) is 2.21. The number of ether oxygens (including phenoxy) is 1. The number of carbonyl (C=O) groups is 1. The van der Waals surface area contributed by atoms with E-state index in [2.05, 4.69) is 17.6 Å². The molecule has 0 saturated heterocycles. The van der Waals surface area contributed by atoms with E-state index in [1.54, 1.807) is 16.1 Å². The smallest absolute Gasteiger partial charge is 0.337 e. The molecule has 0 spiro atoms. The van der Waals surface area contributed by atoms with Crippen molar-refractivity contribution >= 4 is 29.7 Å². The summed E-state index contributed by atoms with van der Waals surface area (Å²) in [6.45, 7) is 0. The zero-order valence-corrected chi connectivity index (χ0v) is 8.49. The second-order valence-corrected chi connectivity index (χ2v) is 3.36. The summed E-state index contributed by atoms with van der Waals surface area (Å²) in [6.07, 6.45) is 1.83. The van der Waals surface area contributed by atoms with Gasteiger partial charge in [0.15, 0.2) is 0 Å². The first kappa shape index (κ1) is 9.15. The maximum Gasteiger partial charge on any atom is 0.337 e. The van der Waals surface area contributed by atoms with E-state index in [0.29, 0.717) is 5.56 Å². The number of benzene rings is 1. The highest BCUT2D eigenvalue weighted by molar-refractivity contribution is 7.78. The van der Waals surface area contributed by atoms with Crippen molar-refractivity contribution in [1.29, 1.82) is 0 Å². The molecule has 14 heavy (non-hydrogen) atoms. The van der Waals surface area contributed by atoms with Crippen LogP contribution in [-0.2, 0) is 4.74 Å². The largest absolute Gasteiger partial charge is 0.465 e. The van der Waals surface area contributed by atoms with Crippen LogP contribution in [0.2, 0.25) is 0 Å². The molecule has 0 aliphatic carbocycles. The maximum absolute atomic E-state index is 11.2. The van der Waals surface area contributed by atoms with Gasteiger partial charge < -0.3 is 4.74 Å². The Morgan fingerprint density at radius 3 is 2.93 bits per heavy atom. The fourth-order valence-electron chi connectivity index (χ4n) is 1.36. The molecule has 72 valence electrons. The van der Waals surface area contributed by atoms with Crippen molar-refractivity contribution in [2.75, 3.05) is 7.11 Å². The van der Waals surface area contributed by atoms with Crippen molar-refractivity contribution in [2.45, 2.75) is 0 Å². The normalized spacial score (nSPS) is 10.4. The summed E-state index contributed by atoms with van der Waals surface area (Å²) in [5.74, 6) is -0.332. The molecule has 0 aliphatic heterocycles. The highest BCUT2D eigenvalue weighted by Crippen LogP contribution is 2.18. The Balaban J connectivity index is 2.60. The van der Waals surface area contributed by atoms with E-state index in [-0.39, 0.29) is 5.97 Å². The van der Waals surface area contributed by atoms with Gasteiger partial charge in [-0.2, -0.15) is 0 Å². The Bertz CT molecular complexity index is 490. The van der Waals surface area contributed by atoms with E-state index in [0.717, 1.165) is 10.9 Å². The topological polar surface area (TPSA) is 31.2 Å². The first-order valence-corrected chi connectivity index (χ1v) is 4.51. The van der Waals surface area contributed by atoms with Gasteiger partial charge in [-0.1, -0.05) is 18.9 Å². The first-order valence-electron chi connectivity index (χ1n) is 4.11. The van der Waals surface area contributed by atoms with Gasteiger partial charge in [0, 0.05) is 11.6 Å². The van der Waals surface area contributed by atoms with E-state index < -0.39 is 0 Å². The summed E-state index contributed by atoms with van der Waals surface area (Å²) in [5.41, 5.74) is 1.44. The molecule has 4 heteroatoms. The van der Waals surface area contributed by atoms with Gasteiger partial charge in [0.05, 0.1) is 18.2 Å². The molecule has 1 heterocycles. The van der Waals surface area contributed by atoms with Gasteiger partial charge in [-0.3, -0.25) is 3.97 Å². The van der Waals surface area contributed by atoms with Crippen LogP contribution in [0.4, 0.5) is 0 Å². The van der Waals surface area contributed by atoms with E-state index in [1.807, 2.05) is 18.3 Å². The molecular weight excluding hydrogens is 198 g/mol. The quantitative estimate of drug-likeness (QED) is 0.573. The molecule has 1 aromatic carbocycles. The second-order valence-electron chi connectivity index (χ2n) is 2.93. The summed E-state index contributed by atoms with van der Waals surface area (Å²) in [5, 5.41) is 1.05. The van der Waals surface area contributed by atoms with Crippen LogP contribution in [0.1, 0.15) is 10.4 Å². The van der Waals surface area contributed by atoms with Crippen LogP contribution in [0.3, 0.4) is 0 Å². The predicted molar refractivity (Wildman–Crippen MR) is 57.7 cm³/mol. The molecule has 0 fully saturated rings. The van der Waals surface area contributed by atoms with Gasteiger partial charge in [0.1, 0.15) is 0 Å². The Morgan fingerprint density at radius 2 is 2.21 bits per heavy atom. The number of esters is 1. The third kappa shape index (κ3) is 1.37. The number of carbonyl (C=O) groups excluding carboxylic acids is 1. The number of hydrogen-bond acceptors (Lipinski definition) is 3. The van der Waals surface area contributed by atoms with Crippen molar-refractivity contribution in [3.8, 4) is 0 Å². The molecule has 0 N–H and O–H groups in total. The molecule has 3 nitrogen and oxygen atoms in total. The third-order valence-electron chi connectivity index (χ3n) is 2.09. The molecule has 0 unspecified atom stereocenters. The van der Waals surface area contributed by atoms with E-state index in [9.17, 15) is 4.79 Å². The van der Waals surface area contributed by atoms with Gasteiger partial charge in [0.2, 0.25) is 0 Å². The predicted octanol–water partition coefficient (Wildman–Crippen LogP) is 2.12. The number of fused-ring (bicyclic) bond motifs is 1. The maximum atomic E-state index is 11.2. The number of nitrogens with zero attached hydrogens (tertiary/aromatic N) is 1. The van der Waals surface area contributed by atoms with Crippen LogP contribution >= 0.6 is 12.8 Å². The number of aromatic nitrogens is 1. The Hall–Kier alpha value is -1.42. The fourth-order valence-corrected chi connectivity index (χ4v) is 1.60. The lowest BCUT2D eigenvalue weighted by Gasteiger charge is -2.00. The van der Waals surface area contributed by atoms with Crippen LogP contribution < -0.4 is 0 Å². The van der Waals surface area contributed by atoms with Crippen molar-refractivity contribution in [3.05, 3.63) is 36.0 Å². The number of rotatable bonds is 1. The zero-order chi connectivity index (χ0) is 10.1. The van der Waals surface area contributed by atoms with Gasteiger partial charge >= 0.3 is 5.97 Å². The molecule has 0 aliphatic rings. The lowest BCUT2D eigenvalue weighted by atomic mass is 10.2. The highest BCUT2D eigenvalue weighted by Gasteiger charge is 2.07. The standard InChI is InChI=1S/C10H9NO2S/c1-13-10(12)8-3-2-7-4-5-11(14)9(7)6-8/h2-6,14H,1H3. The molecule has 0 saturated carbocycles. The van der Waals surface area contributed by atoms with Crippen LogP contribution in [0, 0.1) is 0 Å². The van der Waals surface area contributed by atoms with Crippen molar-refractivity contribution in [2.24, 2.45) is 0 Å². The summed E-state index contributed by atoms with van der Waals surface area (Å²) in [6, 6.07) is 7.30. The summed E-state index contributed by atoms with van der Waals surface area (Å²) < 4.78 is 6.30. The number of methoxy groups -OCH3 is 1. The van der Waals surface area contributed by atoms with Gasteiger partial charge in [-0.15, -0.1) is 0 Å². The summed E-state index contributed by atoms with van der Waals surface area (Å²) >= 11 is 4.21. The minimum Gasteiger partial charge on any atom is -0.465 e. The molecule has 0 bridgehead atoms. The van der Waals surface area contributed by atoms with Crippen molar-refractivity contribution < 1.29 is 9.53 Å². The van der Waals surface area contributed by atoms with Gasteiger partial charge in [-0.25, -0.2) is 4.79 Å². The Morgan fingerprint density at radius 1 is 1.43 bits per heavy atom. The van der Waals surface area contributed by atoms with Crippen molar-refractivity contribution in [1.82, 2.24) is 3.97 Å². The molecule has 2 aromatic rings. The van der Waals surface area contributed by atoms with Crippen LogP contribution in [-0.4, -0.2) is 17.1 Å². The fraction of sp³-hybridized carbons (Fsp3) is 0.100. The minimum atomic E-state index is -0.332. The second kappa shape index (κ2) is 3.38. The van der Waals surface area contributed by atoms with Gasteiger partial charge in [-0.05, 0) is 18.2 Å². The Labute approximate surface area is 86.8 Å². The van der Waals surface area contributed by atoms with Crippen LogP contribution in [0.25, 0.3) is 10.9 Å². The molecule has 2 rings (SSSR count). The monoisotopic (exact) mass is 207 g/mol. The first-order chi connectivity index (χ1) is 6.72. The van der Waals surface area contributed by atoms with Crippen LogP contribution in [0.5, 0.6) is 0 Å². The average Bonchev–Trinajstić information content (AvgIpc) is 2.59. The summed E-state index contributed by atoms with van der Waals surface area (Å²) in [4.78, 5) is 11.2. The zero-order valence-electron chi connectivity index (χ0n) is 7.60. The van der Waals surface area contributed by atoms with Gasteiger partial charge in [0.25, 0.3) is 0 Å². The van der Waals surface area contributed by atoms with E-state index >= 15 is 0 Å².